The van der Waals surface area contributed by atoms with E-state index in [2.05, 4.69) is 21.3 Å². The zero-order chi connectivity index (χ0) is 26.4. The van der Waals surface area contributed by atoms with Gasteiger partial charge in [-0.3, -0.25) is 9.69 Å². The molecule has 0 spiro atoms. The van der Waals surface area contributed by atoms with E-state index in [-0.39, 0.29) is 5.56 Å². The van der Waals surface area contributed by atoms with Gasteiger partial charge in [-0.2, -0.15) is 0 Å². The van der Waals surface area contributed by atoms with Gasteiger partial charge < -0.3 is 24.7 Å². The highest BCUT2D eigenvalue weighted by molar-refractivity contribution is 7.80. The Morgan fingerprint density at radius 3 is 2.70 bits per heavy atom. The Hall–Kier alpha value is -3.27. The van der Waals surface area contributed by atoms with Gasteiger partial charge in [-0.15, -0.1) is 0 Å². The first-order valence-electron chi connectivity index (χ1n) is 12.5. The van der Waals surface area contributed by atoms with Crippen molar-refractivity contribution in [2.75, 3.05) is 51.8 Å². The van der Waals surface area contributed by atoms with Crippen LogP contribution in [0.2, 0.25) is 0 Å². The van der Waals surface area contributed by atoms with Gasteiger partial charge in [0.1, 0.15) is 0 Å². The van der Waals surface area contributed by atoms with Gasteiger partial charge in [-0.1, -0.05) is 18.2 Å². The van der Waals surface area contributed by atoms with Crippen molar-refractivity contribution in [1.82, 2.24) is 14.8 Å². The van der Waals surface area contributed by atoms with Crippen LogP contribution in [0, 0.1) is 13.8 Å². The molecule has 0 saturated carbocycles. The monoisotopic (exact) mass is 522 g/mol. The number of methoxy groups -OCH3 is 1. The van der Waals surface area contributed by atoms with Gasteiger partial charge in [0.2, 0.25) is 0 Å². The first-order valence-corrected chi connectivity index (χ1v) is 12.9. The van der Waals surface area contributed by atoms with Crippen LogP contribution >= 0.6 is 12.2 Å². The van der Waals surface area contributed by atoms with Crippen molar-refractivity contribution < 1.29 is 14.3 Å². The van der Waals surface area contributed by atoms with Gasteiger partial charge in [0.15, 0.2) is 5.11 Å². The molecule has 0 unspecified atom stereocenters. The number of thiocarbonyl (C=S) groups is 1. The highest BCUT2D eigenvalue weighted by Crippen LogP contribution is 2.20. The lowest BCUT2D eigenvalue weighted by Gasteiger charge is -2.30. The fraction of sp³-hybridized carbons (Fsp3) is 0.393. The number of aryl methyl sites for hydroxylation is 2. The van der Waals surface area contributed by atoms with Crippen LogP contribution in [0.15, 0.2) is 47.3 Å². The molecule has 1 aliphatic rings. The molecule has 1 aliphatic heterocycles. The van der Waals surface area contributed by atoms with Crippen molar-refractivity contribution >= 4 is 39.9 Å². The van der Waals surface area contributed by atoms with Crippen molar-refractivity contribution in [3.8, 4) is 0 Å². The van der Waals surface area contributed by atoms with E-state index >= 15 is 0 Å². The lowest BCUT2D eigenvalue weighted by atomic mass is 10.0. The molecule has 8 nitrogen and oxygen atoms in total. The van der Waals surface area contributed by atoms with E-state index in [1.165, 1.54) is 7.11 Å². The summed E-state index contributed by atoms with van der Waals surface area (Å²) in [6.07, 6.45) is 0.865. The molecular formula is C28H34N4O4S. The van der Waals surface area contributed by atoms with Gasteiger partial charge in [0.25, 0.3) is 5.56 Å². The average molecular weight is 523 g/mol. The van der Waals surface area contributed by atoms with Crippen LogP contribution in [-0.4, -0.2) is 72.4 Å². The van der Waals surface area contributed by atoms with E-state index in [4.69, 9.17) is 21.7 Å². The normalized spacial score (nSPS) is 13.9. The number of hydrogen-bond donors (Lipinski definition) is 2. The molecule has 0 amide bonds. The van der Waals surface area contributed by atoms with E-state index in [1.807, 2.05) is 36.9 Å². The van der Waals surface area contributed by atoms with Crippen molar-refractivity contribution in [1.29, 1.82) is 0 Å². The third kappa shape index (κ3) is 6.74. The predicted molar refractivity (Wildman–Crippen MR) is 150 cm³/mol. The number of carbonyl (C=O) groups excluding carboxylic acids is 1. The second-order valence-electron chi connectivity index (χ2n) is 9.36. The molecule has 2 aromatic carbocycles. The summed E-state index contributed by atoms with van der Waals surface area (Å²) in [4.78, 5) is 32.7. The number of benzene rings is 2. The zero-order valence-corrected chi connectivity index (χ0v) is 22.5. The molecule has 3 aromatic rings. The average Bonchev–Trinajstić information content (AvgIpc) is 2.89. The van der Waals surface area contributed by atoms with E-state index < -0.39 is 5.97 Å². The fourth-order valence-corrected chi connectivity index (χ4v) is 4.94. The highest BCUT2D eigenvalue weighted by Gasteiger charge is 2.18. The summed E-state index contributed by atoms with van der Waals surface area (Å²) >= 11 is 5.81. The molecular weight excluding hydrogens is 488 g/mol. The van der Waals surface area contributed by atoms with Gasteiger partial charge in [-0.25, -0.2) is 4.79 Å². The van der Waals surface area contributed by atoms with Gasteiger partial charge >= 0.3 is 5.97 Å². The molecule has 0 radical (unpaired) electrons. The molecule has 196 valence electrons. The van der Waals surface area contributed by atoms with Crippen molar-refractivity contribution in [3.63, 3.8) is 0 Å². The number of H-pyrrole nitrogens is 1. The van der Waals surface area contributed by atoms with Crippen LogP contribution in [-0.2, 0) is 16.0 Å². The van der Waals surface area contributed by atoms with Crippen LogP contribution < -0.4 is 10.9 Å². The summed E-state index contributed by atoms with van der Waals surface area (Å²) in [5, 5.41) is 4.68. The predicted octanol–water partition coefficient (Wildman–Crippen LogP) is 3.85. The molecule has 2 heterocycles. The maximum Gasteiger partial charge on any atom is 0.339 e. The number of anilines is 1. The summed E-state index contributed by atoms with van der Waals surface area (Å²) in [5.41, 5.74) is 4.51. The molecule has 37 heavy (non-hydrogen) atoms. The molecule has 4 rings (SSSR count). The largest absolute Gasteiger partial charge is 0.465 e. The van der Waals surface area contributed by atoms with Crippen molar-refractivity contribution in [2.45, 2.75) is 26.8 Å². The van der Waals surface area contributed by atoms with E-state index in [1.54, 1.807) is 18.2 Å². The number of fused-ring (bicyclic) bond motifs is 1. The lowest BCUT2D eigenvalue weighted by molar-refractivity contribution is 0.0367. The molecule has 0 atom stereocenters. The Balaban J connectivity index is 1.58. The fourth-order valence-electron chi connectivity index (χ4n) is 4.68. The van der Waals surface area contributed by atoms with Crippen LogP contribution in [0.3, 0.4) is 0 Å². The molecule has 1 saturated heterocycles. The Morgan fingerprint density at radius 1 is 1.19 bits per heavy atom. The zero-order valence-electron chi connectivity index (χ0n) is 21.6. The third-order valence-corrected chi connectivity index (χ3v) is 6.98. The van der Waals surface area contributed by atoms with E-state index in [0.29, 0.717) is 35.0 Å². The number of nitrogens with one attached hydrogen (secondary N) is 2. The molecule has 0 bridgehead atoms. The quantitative estimate of drug-likeness (QED) is 0.341. The first kappa shape index (κ1) is 26.8. The lowest BCUT2D eigenvalue weighted by Crippen LogP contribution is -2.40. The number of aromatic amines is 1. The van der Waals surface area contributed by atoms with Crippen molar-refractivity contribution in [3.05, 3.63) is 75.1 Å². The molecule has 0 aliphatic carbocycles. The van der Waals surface area contributed by atoms with Crippen molar-refractivity contribution in [2.24, 2.45) is 0 Å². The van der Waals surface area contributed by atoms with Gasteiger partial charge in [0, 0.05) is 42.6 Å². The summed E-state index contributed by atoms with van der Waals surface area (Å²) < 4.78 is 10.4. The number of pyridine rings is 1. The summed E-state index contributed by atoms with van der Waals surface area (Å²) in [6, 6.07) is 13.2. The number of ether oxygens (including phenoxy) is 2. The highest BCUT2D eigenvalue weighted by atomic mass is 32.1. The number of morpholine rings is 1. The Kier molecular flexibility index (Phi) is 8.91. The Labute approximate surface area is 222 Å². The molecule has 1 aromatic heterocycles. The number of rotatable bonds is 8. The SMILES string of the molecule is COC(=O)c1ccccc1NC(=S)N(CCCN1CCOCC1)Cc1cc2c(C)cc(C)cc2[nH]c1=O. The summed E-state index contributed by atoms with van der Waals surface area (Å²) in [6.45, 7) is 9.29. The molecule has 1 fully saturated rings. The number of hydrogen-bond acceptors (Lipinski definition) is 6. The van der Waals surface area contributed by atoms with Crippen LogP contribution in [0.25, 0.3) is 10.9 Å². The number of esters is 1. The smallest absolute Gasteiger partial charge is 0.339 e. The molecule has 9 heteroatoms. The maximum atomic E-state index is 13.0. The number of nitrogens with zero attached hydrogens (tertiary/aromatic N) is 2. The standard InChI is InChI=1S/C28H34N4O4S/c1-19-15-20(2)23-17-21(26(33)29-25(23)16-19)18-32(10-6-9-31-11-13-36-14-12-31)28(37)30-24-8-5-4-7-22(24)27(34)35-3/h4-5,7-8,15-17H,6,9-14,18H2,1-3H3,(H,29,33)(H,30,37). The first-order chi connectivity index (χ1) is 17.9. The topological polar surface area (TPSA) is 86.9 Å². The minimum atomic E-state index is -0.443. The van der Waals surface area contributed by atoms with Gasteiger partial charge in [0.05, 0.1) is 38.1 Å². The summed E-state index contributed by atoms with van der Waals surface area (Å²) in [5.74, 6) is -0.443. The van der Waals surface area contributed by atoms with Crippen LogP contribution in [0.1, 0.15) is 33.5 Å². The number of carbonyl (C=O) groups is 1. The number of para-hydroxylation sites is 1. The van der Waals surface area contributed by atoms with E-state index in [0.717, 1.165) is 61.3 Å². The second-order valence-corrected chi connectivity index (χ2v) is 9.75. The number of aromatic nitrogens is 1. The Bertz CT molecular complexity index is 1330. The minimum absolute atomic E-state index is 0.131. The van der Waals surface area contributed by atoms with Gasteiger partial charge in [-0.05, 0) is 67.9 Å². The van der Waals surface area contributed by atoms with Crippen LogP contribution in [0.5, 0.6) is 0 Å². The maximum absolute atomic E-state index is 13.0. The Morgan fingerprint density at radius 2 is 1.95 bits per heavy atom. The van der Waals surface area contributed by atoms with E-state index in [9.17, 15) is 9.59 Å². The summed E-state index contributed by atoms with van der Waals surface area (Å²) in [7, 11) is 1.35. The minimum Gasteiger partial charge on any atom is -0.465 e. The second kappa shape index (κ2) is 12.3. The third-order valence-electron chi connectivity index (χ3n) is 6.62. The van der Waals surface area contributed by atoms with Crippen LogP contribution in [0.4, 0.5) is 5.69 Å². The molecule has 2 N–H and O–H groups in total.